The van der Waals surface area contributed by atoms with Gasteiger partial charge in [-0.1, -0.05) is 29.0 Å². The Bertz CT molecular complexity index is 225. The maximum absolute atomic E-state index is 11.7. The first-order valence-electron chi connectivity index (χ1n) is 4.97. The molecule has 1 saturated carbocycles. The maximum atomic E-state index is 11.7. The Hall–Kier alpha value is 0.200. The Morgan fingerprint density at radius 2 is 2.23 bits per heavy atom. The van der Waals surface area contributed by atoms with E-state index in [1.165, 1.54) is 12.8 Å². The van der Waals surface area contributed by atoms with Crippen molar-refractivity contribution in [3.05, 3.63) is 0 Å². The molecule has 74 valence electrons. The molecule has 0 aromatic rings. The largest absolute Gasteiger partial charge is 0.461 e. The van der Waals surface area contributed by atoms with Crippen molar-refractivity contribution in [2.24, 2.45) is 5.41 Å². The van der Waals surface area contributed by atoms with Gasteiger partial charge in [-0.05, 0) is 32.6 Å². The fraction of sp³-hybridized carbons (Fsp3) is 0.900. The van der Waals surface area contributed by atoms with Crippen molar-refractivity contribution in [3.8, 4) is 0 Å². The lowest BCUT2D eigenvalue weighted by atomic mass is 9.75. The van der Waals surface area contributed by atoms with Crippen LogP contribution in [-0.2, 0) is 9.53 Å². The average molecular weight is 294 g/mol. The zero-order valence-corrected chi connectivity index (χ0v) is 10.0. The molecule has 0 spiro atoms. The minimum Gasteiger partial charge on any atom is -0.461 e. The second kappa shape index (κ2) is 3.41. The summed E-state index contributed by atoms with van der Waals surface area (Å²) in [6, 6.07) is 0. The maximum Gasteiger partial charge on any atom is 0.312 e. The molecule has 2 heterocycles. The molecule has 3 atom stereocenters. The molecule has 1 unspecified atom stereocenters. The molecule has 0 radical (unpaired) electrons. The molecular weight excluding hydrogens is 279 g/mol. The molecule has 2 nitrogen and oxygen atoms in total. The lowest BCUT2D eigenvalue weighted by molar-refractivity contribution is -0.171. The Balaban J connectivity index is 2.19. The van der Waals surface area contributed by atoms with Crippen molar-refractivity contribution in [3.63, 3.8) is 0 Å². The van der Waals surface area contributed by atoms with Crippen LogP contribution in [-0.4, -0.2) is 16.0 Å². The number of fused-ring (bicyclic) bond motifs is 5. The van der Waals surface area contributed by atoms with Crippen LogP contribution in [0.2, 0.25) is 0 Å². The third-order valence-corrected chi connectivity index (χ3v) is 4.77. The van der Waals surface area contributed by atoms with Crippen molar-refractivity contribution in [2.45, 2.75) is 49.1 Å². The van der Waals surface area contributed by atoms with Crippen molar-refractivity contribution in [1.29, 1.82) is 0 Å². The van der Waals surface area contributed by atoms with Gasteiger partial charge < -0.3 is 4.74 Å². The van der Waals surface area contributed by atoms with Crippen LogP contribution in [0, 0.1) is 5.41 Å². The van der Waals surface area contributed by atoms with Gasteiger partial charge in [0.1, 0.15) is 6.10 Å². The van der Waals surface area contributed by atoms with Crippen LogP contribution in [0.5, 0.6) is 0 Å². The number of ether oxygens (including phenoxy) is 1. The van der Waals surface area contributed by atoms with Gasteiger partial charge in [0.15, 0.2) is 0 Å². The van der Waals surface area contributed by atoms with Crippen molar-refractivity contribution in [1.82, 2.24) is 0 Å². The highest BCUT2D eigenvalue weighted by Gasteiger charge is 2.43. The van der Waals surface area contributed by atoms with Gasteiger partial charge in [-0.15, -0.1) is 0 Å². The summed E-state index contributed by atoms with van der Waals surface area (Å²) in [5, 5.41) is 0. The van der Waals surface area contributed by atoms with Gasteiger partial charge >= 0.3 is 5.97 Å². The Labute approximate surface area is 92.5 Å². The van der Waals surface area contributed by atoms with E-state index >= 15 is 0 Å². The third-order valence-electron chi connectivity index (χ3n) is 3.34. The molecule has 1 aliphatic carbocycles. The SMILES string of the molecule is C[C@@]12CCCC(I)[C@@H](CC1)OC2=O. The summed E-state index contributed by atoms with van der Waals surface area (Å²) in [4.78, 5) is 11.7. The Kier molecular flexibility index (Phi) is 2.55. The zero-order chi connectivity index (χ0) is 9.47. The monoisotopic (exact) mass is 294 g/mol. The fourth-order valence-electron chi connectivity index (χ4n) is 2.26. The number of hydrogen-bond acceptors (Lipinski definition) is 2. The summed E-state index contributed by atoms with van der Waals surface area (Å²) < 4.78 is 5.99. The summed E-state index contributed by atoms with van der Waals surface area (Å²) in [7, 11) is 0. The topological polar surface area (TPSA) is 26.3 Å². The Morgan fingerprint density at radius 3 is 2.92 bits per heavy atom. The van der Waals surface area contributed by atoms with Gasteiger partial charge in [0.2, 0.25) is 0 Å². The van der Waals surface area contributed by atoms with E-state index in [0.717, 1.165) is 19.3 Å². The van der Waals surface area contributed by atoms with E-state index in [1.807, 2.05) is 0 Å². The Morgan fingerprint density at radius 1 is 1.46 bits per heavy atom. The molecule has 0 amide bonds. The van der Waals surface area contributed by atoms with E-state index in [4.69, 9.17) is 4.74 Å². The molecule has 3 heteroatoms. The number of carbonyl (C=O) groups excluding carboxylic acids is 1. The number of rotatable bonds is 0. The number of carbonyl (C=O) groups is 1. The first-order valence-corrected chi connectivity index (χ1v) is 6.21. The molecule has 0 aromatic carbocycles. The van der Waals surface area contributed by atoms with Crippen LogP contribution in [0.3, 0.4) is 0 Å². The highest BCUT2D eigenvalue weighted by Crippen LogP contribution is 2.42. The summed E-state index contributed by atoms with van der Waals surface area (Å²) in [5.41, 5.74) is -0.159. The van der Waals surface area contributed by atoms with Crippen LogP contribution in [0.1, 0.15) is 39.0 Å². The molecular formula is C10H15IO2. The minimum absolute atomic E-state index is 0.0464. The number of hydrogen-bond donors (Lipinski definition) is 0. The molecule has 0 N–H and O–H groups in total. The molecule has 3 aliphatic rings. The average Bonchev–Trinajstić information content (AvgIpc) is 2.08. The predicted octanol–water partition coefficient (Wildman–Crippen LogP) is 2.69. The van der Waals surface area contributed by atoms with Gasteiger partial charge in [-0.25, -0.2) is 0 Å². The van der Waals surface area contributed by atoms with Crippen LogP contribution in [0.15, 0.2) is 0 Å². The van der Waals surface area contributed by atoms with E-state index < -0.39 is 0 Å². The summed E-state index contributed by atoms with van der Waals surface area (Å²) in [6.45, 7) is 2.05. The van der Waals surface area contributed by atoms with Gasteiger partial charge in [0.05, 0.1) is 5.41 Å². The van der Waals surface area contributed by atoms with Crippen LogP contribution in [0.25, 0.3) is 0 Å². The van der Waals surface area contributed by atoms with E-state index in [-0.39, 0.29) is 17.5 Å². The fourth-order valence-corrected chi connectivity index (χ4v) is 3.20. The standard InChI is InChI=1S/C10H15IO2/c1-10-5-2-3-7(11)8(4-6-10)13-9(10)12/h7-8H,2-6H2,1H3/t7?,8-,10-/m1/s1. The first kappa shape index (κ1) is 9.74. The molecule has 2 saturated heterocycles. The quantitative estimate of drug-likeness (QED) is 0.390. The van der Waals surface area contributed by atoms with Gasteiger partial charge in [0.25, 0.3) is 0 Å². The molecule has 3 fully saturated rings. The minimum atomic E-state index is -0.159. The predicted molar refractivity (Wildman–Crippen MR) is 58.9 cm³/mol. The van der Waals surface area contributed by atoms with E-state index in [0.29, 0.717) is 3.92 Å². The molecule has 3 rings (SSSR count). The molecule has 2 bridgehead atoms. The number of esters is 1. The number of alkyl halides is 1. The van der Waals surface area contributed by atoms with Gasteiger partial charge in [-0.2, -0.15) is 0 Å². The van der Waals surface area contributed by atoms with Gasteiger partial charge in [-0.3, -0.25) is 4.79 Å². The summed E-state index contributed by atoms with van der Waals surface area (Å²) in [6.07, 6.45) is 5.68. The van der Waals surface area contributed by atoms with Crippen LogP contribution in [0.4, 0.5) is 0 Å². The van der Waals surface area contributed by atoms with Crippen molar-refractivity contribution >= 4 is 28.6 Å². The van der Waals surface area contributed by atoms with Crippen LogP contribution < -0.4 is 0 Å². The molecule has 0 aromatic heterocycles. The summed E-state index contributed by atoms with van der Waals surface area (Å²) >= 11 is 2.42. The van der Waals surface area contributed by atoms with E-state index in [1.54, 1.807) is 0 Å². The van der Waals surface area contributed by atoms with E-state index in [2.05, 4.69) is 29.5 Å². The second-order valence-electron chi connectivity index (χ2n) is 4.45. The van der Waals surface area contributed by atoms with Crippen molar-refractivity contribution in [2.75, 3.05) is 0 Å². The van der Waals surface area contributed by atoms with Crippen molar-refractivity contribution < 1.29 is 9.53 Å². The lowest BCUT2D eigenvalue weighted by Crippen LogP contribution is -2.44. The molecule has 2 aliphatic heterocycles. The normalized spacial score (nSPS) is 45.2. The number of halogens is 1. The first-order chi connectivity index (χ1) is 6.12. The third kappa shape index (κ3) is 1.72. The van der Waals surface area contributed by atoms with Gasteiger partial charge in [0, 0.05) is 3.92 Å². The smallest absolute Gasteiger partial charge is 0.312 e. The van der Waals surface area contributed by atoms with Crippen LogP contribution >= 0.6 is 22.6 Å². The van der Waals surface area contributed by atoms with E-state index in [9.17, 15) is 4.79 Å². The highest BCUT2D eigenvalue weighted by molar-refractivity contribution is 14.1. The zero-order valence-electron chi connectivity index (χ0n) is 7.88. The lowest BCUT2D eigenvalue weighted by Gasteiger charge is -2.40. The highest BCUT2D eigenvalue weighted by atomic mass is 127. The summed E-state index contributed by atoms with van der Waals surface area (Å²) in [5.74, 6) is 0.0464. The second-order valence-corrected chi connectivity index (χ2v) is 6.05. The molecule has 13 heavy (non-hydrogen) atoms.